The molecule has 0 aliphatic heterocycles. The third kappa shape index (κ3) is 2.98. The SMILES string of the molecule is CC(C)(C)OC(=O)C1=C(C(=O)OC(C)(C)C)C12c1ccccc1-c1ccccc12. The van der Waals surface area contributed by atoms with Gasteiger partial charge in [-0.05, 0) is 63.8 Å². The van der Waals surface area contributed by atoms with Crippen LogP contribution in [0, 0.1) is 0 Å². The van der Waals surface area contributed by atoms with E-state index in [4.69, 9.17) is 9.47 Å². The first kappa shape index (κ1) is 19.4. The highest BCUT2D eigenvalue weighted by Crippen LogP contribution is 2.66. The summed E-state index contributed by atoms with van der Waals surface area (Å²) in [7, 11) is 0. The largest absolute Gasteiger partial charge is 0.457 e. The molecule has 4 rings (SSSR count). The Morgan fingerprint density at radius 3 is 1.34 bits per heavy atom. The van der Waals surface area contributed by atoms with Crippen LogP contribution >= 0.6 is 0 Å². The molecule has 0 aromatic heterocycles. The topological polar surface area (TPSA) is 52.6 Å². The molecule has 2 aromatic carbocycles. The van der Waals surface area contributed by atoms with Crippen LogP contribution in [-0.2, 0) is 24.5 Å². The maximum Gasteiger partial charge on any atom is 0.336 e. The summed E-state index contributed by atoms with van der Waals surface area (Å²) in [5.41, 5.74) is 2.49. The zero-order valence-electron chi connectivity index (χ0n) is 17.8. The molecule has 0 saturated heterocycles. The lowest BCUT2D eigenvalue weighted by Gasteiger charge is -2.22. The second-order valence-corrected chi connectivity index (χ2v) is 9.59. The molecule has 4 nitrogen and oxygen atoms in total. The normalized spacial score (nSPS) is 16.3. The minimum atomic E-state index is -0.891. The van der Waals surface area contributed by atoms with Crippen molar-refractivity contribution in [3.63, 3.8) is 0 Å². The molecule has 0 heterocycles. The lowest BCUT2D eigenvalue weighted by atomic mass is 9.85. The van der Waals surface area contributed by atoms with Crippen molar-refractivity contribution in [1.82, 2.24) is 0 Å². The fourth-order valence-corrected chi connectivity index (χ4v) is 4.22. The fourth-order valence-electron chi connectivity index (χ4n) is 4.22. The molecule has 2 aromatic rings. The number of esters is 2. The number of carbonyl (C=O) groups is 2. The highest BCUT2D eigenvalue weighted by molar-refractivity contribution is 6.19. The van der Waals surface area contributed by atoms with Gasteiger partial charge in [-0.25, -0.2) is 9.59 Å². The number of hydrogen-bond donors (Lipinski definition) is 0. The van der Waals surface area contributed by atoms with Crippen LogP contribution in [0.5, 0.6) is 0 Å². The Labute approximate surface area is 171 Å². The third-order valence-corrected chi connectivity index (χ3v) is 5.10. The van der Waals surface area contributed by atoms with Crippen molar-refractivity contribution < 1.29 is 19.1 Å². The van der Waals surface area contributed by atoms with Gasteiger partial charge in [0.15, 0.2) is 0 Å². The van der Waals surface area contributed by atoms with Gasteiger partial charge in [-0.2, -0.15) is 0 Å². The average Bonchev–Trinajstić information content (AvgIpc) is 3.22. The van der Waals surface area contributed by atoms with Gasteiger partial charge in [0.2, 0.25) is 0 Å². The molecule has 0 atom stereocenters. The van der Waals surface area contributed by atoms with E-state index in [1.807, 2.05) is 90.1 Å². The van der Waals surface area contributed by atoms with Crippen LogP contribution in [0.4, 0.5) is 0 Å². The second-order valence-electron chi connectivity index (χ2n) is 9.59. The Balaban J connectivity index is 1.90. The van der Waals surface area contributed by atoms with Gasteiger partial charge < -0.3 is 9.47 Å². The lowest BCUT2D eigenvalue weighted by Crippen LogP contribution is -2.27. The van der Waals surface area contributed by atoms with Crippen molar-refractivity contribution in [3.8, 4) is 11.1 Å². The molecule has 1 spiro atoms. The van der Waals surface area contributed by atoms with E-state index in [-0.39, 0.29) is 0 Å². The Hall–Kier alpha value is -2.88. The maximum absolute atomic E-state index is 13.2. The van der Waals surface area contributed by atoms with E-state index in [1.165, 1.54) is 0 Å². The first-order valence-electron chi connectivity index (χ1n) is 9.88. The minimum Gasteiger partial charge on any atom is -0.457 e. The molecule has 0 bridgehead atoms. The van der Waals surface area contributed by atoms with Crippen molar-refractivity contribution >= 4 is 11.9 Å². The lowest BCUT2D eigenvalue weighted by molar-refractivity contribution is -0.151. The summed E-state index contributed by atoms with van der Waals surface area (Å²) < 4.78 is 11.4. The van der Waals surface area contributed by atoms with Gasteiger partial charge in [0, 0.05) is 0 Å². The first-order chi connectivity index (χ1) is 13.5. The number of ether oxygens (including phenoxy) is 2. The predicted octanol–water partition coefficient (Wildman–Crippen LogP) is 4.95. The zero-order chi connectivity index (χ0) is 21.2. The molecule has 150 valence electrons. The van der Waals surface area contributed by atoms with Crippen molar-refractivity contribution in [2.24, 2.45) is 0 Å². The molecular weight excluding hydrogens is 364 g/mol. The number of hydrogen-bond acceptors (Lipinski definition) is 4. The van der Waals surface area contributed by atoms with Gasteiger partial charge in [-0.15, -0.1) is 0 Å². The van der Waals surface area contributed by atoms with Gasteiger partial charge in [0.25, 0.3) is 0 Å². The summed E-state index contributed by atoms with van der Waals surface area (Å²) in [4.78, 5) is 26.4. The predicted molar refractivity (Wildman–Crippen MR) is 111 cm³/mol. The summed E-state index contributed by atoms with van der Waals surface area (Å²) in [5.74, 6) is -0.935. The van der Waals surface area contributed by atoms with E-state index < -0.39 is 28.6 Å². The van der Waals surface area contributed by atoms with E-state index in [0.717, 1.165) is 22.3 Å². The van der Waals surface area contributed by atoms with Gasteiger partial charge in [0.1, 0.15) is 11.2 Å². The third-order valence-electron chi connectivity index (χ3n) is 5.10. The van der Waals surface area contributed by atoms with Gasteiger partial charge in [-0.1, -0.05) is 48.5 Å². The summed E-state index contributed by atoms with van der Waals surface area (Å²) in [6, 6.07) is 15.8. The van der Waals surface area contributed by atoms with Crippen LogP contribution < -0.4 is 0 Å². The van der Waals surface area contributed by atoms with Crippen molar-refractivity contribution in [2.45, 2.75) is 58.2 Å². The molecule has 2 aliphatic rings. The Kier molecular flexibility index (Phi) is 4.06. The summed E-state index contributed by atoms with van der Waals surface area (Å²) in [5, 5.41) is 0. The van der Waals surface area contributed by atoms with Gasteiger partial charge in [-0.3, -0.25) is 0 Å². The van der Waals surface area contributed by atoms with Crippen molar-refractivity contribution in [1.29, 1.82) is 0 Å². The number of benzene rings is 2. The van der Waals surface area contributed by atoms with E-state index in [2.05, 4.69) is 0 Å². The van der Waals surface area contributed by atoms with Crippen molar-refractivity contribution in [2.75, 3.05) is 0 Å². The molecule has 0 unspecified atom stereocenters. The molecule has 0 amide bonds. The number of rotatable bonds is 2. The van der Waals surface area contributed by atoms with Gasteiger partial charge in [0.05, 0.1) is 16.6 Å². The van der Waals surface area contributed by atoms with Crippen LogP contribution in [0.25, 0.3) is 11.1 Å². The molecule has 0 saturated carbocycles. The van der Waals surface area contributed by atoms with Crippen LogP contribution in [0.15, 0.2) is 59.7 Å². The summed E-state index contributed by atoms with van der Waals surface area (Å²) in [6.07, 6.45) is 0. The van der Waals surface area contributed by atoms with E-state index in [9.17, 15) is 9.59 Å². The Morgan fingerprint density at radius 1 is 0.655 bits per heavy atom. The molecule has 0 fully saturated rings. The monoisotopic (exact) mass is 390 g/mol. The number of carbonyl (C=O) groups excluding carboxylic acids is 2. The van der Waals surface area contributed by atoms with Crippen LogP contribution in [0.3, 0.4) is 0 Å². The summed E-state index contributed by atoms with van der Waals surface area (Å²) in [6.45, 7) is 10.9. The quantitative estimate of drug-likeness (QED) is 0.681. The molecular formula is C25H26O4. The standard InChI is InChI=1S/C25H26O4/c1-23(2,3)28-21(26)19-20(22(27)29-24(4,5)6)25(19)17-13-9-7-11-15(17)16-12-8-10-14-18(16)25/h7-14H,1-6H3. The van der Waals surface area contributed by atoms with Crippen LogP contribution in [-0.4, -0.2) is 23.1 Å². The second kappa shape index (κ2) is 6.06. The first-order valence-corrected chi connectivity index (χ1v) is 9.88. The maximum atomic E-state index is 13.2. The molecule has 0 N–H and O–H groups in total. The van der Waals surface area contributed by atoms with E-state index in [0.29, 0.717) is 11.1 Å². The fraction of sp³-hybridized carbons (Fsp3) is 0.360. The molecule has 29 heavy (non-hydrogen) atoms. The number of fused-ring (bicyclic) bond motifs is 5. The highest BCUT2D eigenvalue weighted by Gasteiger charge is 2.67. The van der Waals surface area contributed by atoms with Gasteiger partial charge >= 0.3 is 11.9 Å². The minimum absolute atomic E-state index is 0.388. The Bertz CT molecular complexity index is 975. The van der Waals surface area contributed by atoms with Crippen LogP contribution in [0.2, 0.25) is 0 Å². The smallest absolute Gasteiger partial charge is 0.336 e. The zero-order valence-corrected chi connectivity index (χ0v) is 17.8. The van der Waals surface area contributed by atoms with E-state index in [1.54, 1.807) is 0 Å². The molecule has 0 radical (unpaired) electrons. The average molecular weight is 390 g/mol. The highest BCUT2D eigenvalue weighted by atomic mass is 16.6. The van der Waals surface area contributed by atoms with Crippen LogP contribution in [0.1, 0.15) is 52.7 Å². The molecule has 4 heteroatoms. The summed E-state index contributed by atoms with van der Waals surface area (Å²) >= 11 is 0. The molecule has 2 aliphatic carbocycles. The van der Waals surface area contributed by atoms with Crippen molar-refractivity contribution in [3.05, 3.63) is 70.8 Å². The van der Waals surface area contributed by atoms with E-state index >= 15 is 0 Å². The Morgan fingerprint density at radius 2 is 1.00 bits per heavy atom.